The van der Waals surface area contributed by atoms with Gasteiger partial charge in [0.2, 0.25) is 5.69 Å². The molecule has 0 radical (unpaired) electrons. The maximum atomic E-state index is 12.4. The normalized spacial score (nSPS) is 10.5. The van der Waals surface area contributed by atoms with Gasteiger partial charge >= 0.3 is 0 Å². The van der Waals surface area contributed by atoms with Gasteiger partial charge in [-0.15, -0.1) is 0 Å². The Kier molecular flexibility index (Phi) is 4.25. The van der Waals surface area contributed by atoms with Crippen molar-refractivity contribution in [3.05, 3.63) is 81.7 Å². The molecule has 0 unspecified atom stereocenters. The first-order valence-electron chi connectivity index (χ1n) is 7.57. The lowest BCUT2D eigenvalue weighted by Crippen LogP contribution is -2.56. The van der Waals surface area contributed by atoms with Crippen LogP contribution in [0.2, 0.25) is 0 Å². The van der Waals surface area contributed by atoms with E-state index in [2.05, 4.69) is 10.5 Å². The van der Waals surface area contributed by atoms with Gasteiger partial charge in [0.15, 0.2) is 5.69 Å². The molecule has 0 aliphatic rings. The molecule has 3 aromatic rings. The van der Waals surface area contributed by atoms with Crippen LogP contribution in [0.25, 0.3) is 5.69 Å². The van der Waals surface area contributed by atoms with Crippen molar-refractivity contribution in [3.8, 4) is 5.69 Å². The molecule has 3 rings (SSSR count). The Balaban J connectivity index is 1.97. The Morgan fingerprint density at radius 1 is 1.12 bits per heavy atom. The highest BCUT2D eigenvalue weighted by Gasteiger charge is 2.24. The van der Waals surface area contributed by atoms with E-state index in [9.17, 15) is 14.9 Å². The molecule has 1 aromatic heterocycles. The van der Waals surface area contributed by atoms with Crippen LogP contribution in [-0.2, 0) is 0 Å². The average molecular weight is 338 g/mol. The van der Waals surface area contributed by atoms with Crippen molar-refractivity contribution in [1.29, 1.82) is 0 Å². The fourth-order valence-electron chi connectivity index (χ4n) is 2.32. The van der Waals surface area contributed by atoms with Gasteiger partial charge in [0.1, 0.15) is 5.69 Å². The van der Waals surface area contributed by atoms with Gasteiger partial charge in [-0.1, -0.05) is 18.2 Å². The highest BCUT2D eigenvalue weighted by atomic mass is 16.6. The predicted octanol–water partition coefficient (Wildman–Crippen LogP) is 2.07. The van der Waals surface area contributed by atoms with Crippen molar-refractivity contribution in [2.45, 2.75) is 13.8 Å². The topological polar surface area (TPSA) is 93.9 Å². The minimum Gasteiger partial charge on any atom is -0.266 e. The van der Waals surface area contributed by atoms with Gasteiger partial charge in [-0.05, 0) is 29.1 Å². The van der Waals surface area contributed by atoms with Crippen LogP contribution in [0.15, 0.2) is 54.6 Å². The Morgan fingerprint density at radius 2 is 1.76 bits per heavy atom. The summed E-state index contributed by atoms with van der Waals surface area (Å²) in [7, 11) is 0. The number of nitrogens with zero attached hydrogens (tertiary/aromatic N) is 4. The fourth-order valence-corrected chi connectivity index (χ4v) is 2.32. The number of hydrogen-bond donors (Lipinski definition) is 1. The first-order valence-corrected chi connectivity index (χ1v) is 7.57. The van der Waals surface area contributed by atoms with Gasteiger partial charge in [0, 0.05) is 36.3 Å². The molecule has 8 heteroatoms. The lowest BCUT2D eigenvalue weighted by atomic mass is 10.2. The standard InChI is InChI=1S/C17H15N5O3/c1-12-13(2)20(19-17(23)14-6-4-3-5-7-14)21(18-12)15-8-10-16(11-9-15)22(24)25/h3-11H,1-2H3/p+1. The van der Waals surface area contributed by atoms with Gasteiger partial charge in [-0.25, -0.2) is 0 Å². The Bertz CT molecular complexity index is 933. The quantitative estimate of drug-likeness (QED) is 0.448. The van der Waals surface area contributed by atoms with Gasteiger partial charge in [-0.3, -0.25) is 14.9 Å². The molecule has 0 spiro atoms. The fraction of sp³-hybridized carbons (Fsp3) is 0.118. The second kappa shape index (κ2) is 6.52. The predicted molar refractivity (Wildman–Crippen MR) is 90.0 cm³/mol. The Morgan fingerprint density at radius 3 is 2.36 bits per heavy atom. The zero-order chi connectivity index (χ0) is 18.0. The number of aryl methyl sites for hydroxylation is 1. The highest BCUT2D eigenvalue weighted by Crippen LogP contribution is 2.14. The van der Waals surface area contributed by atoms with Crippen molar-refractivity contribution in [1.82, 2.24) is 9.90 Å². The second-order valence-electron chi connectivity index (χ2n) is 5.45. The van der Waals surface area contributed by atoms with Crippen LogP contribution in [0.1, 0.15) is 21.7 Å². The highest BCUT2D eigenvalue weighted by molar-refractivity contribution is 5.98. The summed E-state index contributed by atoms with van der Waals surface area (Å²) in [6.07, 6.45) is 0. The van der Waals surface area contributed by atoms with Crippen molar-refractivity contribution in [3.63, 3.8) is 0 Å². The van der Waals surface area contributed by atoms with E-state index < -0.39 is 4.92 Å². The molecule has 25 heavy (non-hydrogen) atoms. The number of benzene rings is 2. The van der Waals surface area contributed by atoms with Crippen LogP contribution >= 0.6 is 0 Å². The number of non-ortho nitro benzene ring substituents is 1. The molecular weight excluding hydrogens is 322 g/mol. The minimum absolute atomic E-state index is 0.00998. The van der Waals surface area contributed by atoms with E-state index in [0.717, 1.165) is 11.4 Å². The van der Waals surface area contributed by atoms with Gasteiger partial charge < -0.3 is 0 Å². The van der Waals surface area contributed by atoms with Gasteiger partial charge in [0.25, 0.3) is 11.6 Å². The zero-order valence-corrected chi connectivity index (χ0v) is 13.7. The number of rotatable bonds is 4. The van der Waals surface area contributed by atoms with Crippen LogP contribution in [0.5, 0.6) is 0 Å². The molecule has 8 nitrogen and oxygen atoms in total. The van der Waals surface area contributed by atoms with E-state index in [1.54, 1.807) is 36.4 Å². The SMILES string of the molecule is Cc1nn(-c2ccc([N+](=O)[O-])cc2)[n+](NC(=O)c2ccccc2)c1C. The summed E-state index contributed by atoms with van der Waals surface area (Å²) in [5, 5.41) is 15.2. The maximum absolute atomic E-state index is 12.4. The molecule has 1 amide bonds. The number of aromatic nitrogens is 3. The molecule has 1 heterocycles. The van der Waals surface area contributed by atoms with Crippen molar-refractivity contribution >= 4 is 11.6 Å². The largest absolute Gasteiger partial charge is 0.288 e. The molecule has 126 valence electrons. The summed E-state index contributed by atoms with van der Waals surface area (Å²) in [4.78, 5) is 25.8. The number of nitro benzene ring substituents is 1. The van der Waals surface area contributed by atoms with E-state index in [1.165, 1.54) is 21.7 Å². The number of hydrogen-bond acceptors (Lipinski definition) is 4. The summed E-state index contributed by atoms with van der Waals surface area (Å²) in [5.74, 6) is -0.281. The molecule has 0 aliphatic carbocycles. The third-order valence-electron chi connectivity index (χ3n) is 3.81. The van der Waals surface area contributed by atoms with Crippen LogP contribution in [0, 0.1) is 24.0 Å². The lowest BCUT2D eigenvalue weighted by molar-refractivity contribution is -0.726. The van der Waals surface area contributed by atoms with Crippen molar-refractivity contribution in [2.24, 2.45) is 0 Å². The number of nitrogens with one attached hydrogen (secondary N) is 1. The van der Waals surface area contributed by atoms with E-state index in [1.807, 2.05) is 19.9 Å². The summed E-state index contributed by atoms with van der Waals surface area (Å²) in [6, 6.07) is 14.8. The van der Waals surface area contributed by atoms with E-state index in [4.69, 9.17) is 0 Å². The number of nitro groups is 1. The van der Waals surface area contributed by atoms with Crippen molar-refractivity contribution in [2.75, 3.05) is 5.43 Å². The van der Waals surface area contributed by atoms with Gasteiger partial charge in [0.05, 0.1) is 10.0 Å². The molecule has 0 saturated heterocycles. The summed E-state index contributed by atoms with van der Waals surface area (Å²) >= 11 is 0. The van der Waals surface area contributed by atoms with E-state index in [-0.39, 0.29) is 11.6 Å². The maximum Gasteiger partial charge on any atom is 0.288 e. The molecule has 0 atom stereocenters. The third-order valence-corrected chi connectivity index (χ3v) is 3.81. The Hall–Kier alpha value is -3.55. The Labute approximate surface area is 143 Å². The van der Waals surface area contributed by atoms with Crippen LogP contribution in [0.3, 0.4) is 0 Å². The summed E-state index contributed by atoms with van der Waals surface area (Å²) < 4.78 is 0. The summed E-state index contributed by atoms with van der Waals surface area (Å²) in [6.45, 7) is 3.65. The number of carbonyl (C=O) groups excluding carboxylic acids is 1. The third kappa shape index (κ3) is 3.23. The van der Waals surface area contributed by atoms with Crippen LogP contribution < -0.4 is 10.2 Å². The smallest absolute Gasteiger partial charge is 0.266 e. The van der Waals surface area contributed by atoms with Gasteiger partial charge in [-0.2, -0.15) is 5.43 Å². The average Bonchev–Trinajstić information content (AvgIpc) is 2.91. The summed E-state index contributed by atoms with van der Waals surface area (Å²) in [5.41, 5.74) is 5.38. The first kappa shape index (κ1) is 16.3. The van der Waals surface area contributed by atoms with Crippen LogP contribution in [-0.4, -0.2) is 20.7 Å². The van der Waals surface area contributed by atoms with Crippen LogP contribution in [0.4, 0.5) is 5.69 Å². The first-order chi connectivity index (χ1) is 12.0. The minimum atomic E-state index is -0.464. The second-order valence-corrected chi connectivity index (χ2v) is 5.45. The molecule has 0 fully saturated rings. The molecule has 0 bridgehead atoms. The monoisotopic (exact) mass is 338 g/mol. The lowest BCUT2D eigenvalue weighted by Gasteiger charge is -2.05. The van der Waals surface area contributed by atoms with E-state index in [0.29, 0.717) is 11.3 Å². The molecule has 0 aliphatic heterocycles. The molecular formula is C17H16N5O3+. The van der Waals surface area contributed by atoms with Crippen molar-refractivity contribution < 1.29 is 14.5 Å². The number of amides is 1. The molecule has 1 N–H and O–H groups in total. The zero-order valence-electron chi connectivity index (χ0n) is 13.7. The van der Waals surface area contributed by atoms with E-state index >= 15 is 0 Å². The molecule has 2 aromatic carbocycles. The number of carbonyl (C=O) groups is 1. The molecule has 0 saturated carbocycles.